The first kappa shape index (κ1) is 16.2. The second-order valence-electron chi connectivity index (χ2n) is 4.37. The molecule has 1 aromatic rings. The number of methoxy groups -OCH3 is 1. The van der Waals surface area contributed by atoms with Crippen molar-refractivity contribution in [3.63, 3.8) is 0 Å². The number of rotatable bonds is 4. The largest absolute Gasteiger partial charge is 0.496 e. The summed E-state index contributed by atoms with van der Waals surface area (Å²) in [5, 5.41) is 12.9. The first-order valence-corrected chi connectivity index (χ1v) is 6.15. The number of piperazine rings is 1. The average molecular weight is 291 g/mol. The van der Waals surface area contributed by atoms with E-state index in [9.17, 15) is 9.50 Å². The zero-order chi connectivity index (χ0) is 13.0. The molecule has 0 spiro atoms. The van der Waals surface area contributed by atoms with Gasteiger partial charge in [-0.3, -0.25) is 4.90 Å². The van der Waals surface area contributed by atoms with E-state index in [0.29, 0.717) is 11.3 Å². The van der Waals surface area contributed by atoms with Crippen LogP contribution in [-0.4, -0.2) is 49.9 Å². The summed E-state index contributed by atoms with van der Waals surface area (Å²) in [5.74, 6) is 0.313. The van der Waals surface area contributed by atoms with Gasteiger partial charge in [0, 0.05) is 31.7 Å². The Morgan fingerprint density at radius 2 is 2.11 bits per heavy atom. The van der Waals surface area contributed by atoms with Crippen LogP contribution in [0.1, 0.15) is 11.6 Å². The normalized spacial score (nSPS) is 17.6. The third kappa shape index (κ3) is 3.79. The molecule has 1 aromatic carbocycles. The van der Waals surface area contributed by atoms with E-state index in [-0.39, 0.29) is 30.9 Å². The zero-order valence-electron chi connectivity index (χ0n) is 10.9. The molecular formula is C13H20ClFN2O2. The summed E-state index contributed by atoms with van der Waals surface area (Å²) >= 11 is 0. The summed E-state index contributed by atoms with van der Waals surface area (Å²) in [6.45, 7) is 3.40. The molecule has 0 aliphatic carbocycles. The van der Waals surface area contributed by atoms with E-state index in [4.69, 9.17) is 4.74 Å². The molecule has 1 aliphatic rings. The molecule has 1 atom stereocenters. The molecule has 1 aliphatic heterocycles. The molecular weight excluding hydrogens is 271 g/mol. The maximum atomic E-state index is 13.4. The number of aliphatic hydroxyl groups excluding tert-OH is 1. The minimum Gasteiger partial charge on any atom is -0.496 e. The van der Waals surface area contributed by atoms with Crippen LogP contribution >= 0.6 is 12.4 Å². The summed E-state index contributed by atoms with van der Waals surface area (Å²) in [7, 11) is 1.56. The molecule has 1 heterocycles. The molecule has 1 saturated heterocycles. The summed E-state index contributed by atoms with van der Waals surface area (Å²) in [6.07, 6.45) is 0. The van der Waals surface area contributed by atoms with Gasteiger partial charge in [0.2, 0.25) is 0 Å². The lowest BCUT2D eigenvalue weighted by molar-refractivity contribution is 0.108. The van der Waals surface area contributed by atoms with Crippen LogP contribution in [0.25, 0.3) is 0 Å². The van der Waals surface area contributed by atoms with Crippen molar-refractivity contribution in [2.45, 2.75) is 6.04 Å². The van der Waals surface area contributed by atoms with E-state index >= 15 is 0 Å². The number of hydrogen-bond acceptors (Lipinski definition) is 4. The number of halogens is 2. The number of hydrogen-bond donors (Lipinski definition) is 2. The van der Waals surface area contributed by atoms with E-state index in [1.165, 1.54) is 12.1 Å². The Morgan fingerprint density at radius 3 is 2.68 bits per heavy atom. The Morgan fingerprint density at radius 1 is 1.42 bits per heavy atom. The summed E-state index contributed by atoms with van der Waals surface area (Å²) in [6, 6.07) is 4.21. The van der Waals surface area contributed by atoms with Gasteiger partial charge in [-0.25, -0.2) is 4.39 Å². The van der Waals surface area contributed by atoms with Gasteiger partial charge < -0.3 is 15.2 Å². The summed E-state index contributed by atoms with van der Waals surface area (Å²) < 4.78 is 18.6. The smallest absolute Gasteiger partial charge is 0.123 e. The number of ether oxygens (including phenoxy) is 1. The summed E-state index contributed by atoms with van der Waals surface area (Å²) in [4.78, 5) is 2.15. The van der Waals surface area contributed by atoms with Gasteiger partial charge in [0.1, 0.15) is 11.6 Å². The van der Waals surface area contributed by atoms with E-state index in [1.807, 2.05) is 0 Å². The quantitative estimate of drug-likeness (QED) is 0.874. The highest BCUT2D eigenvalue weighted by atomic mass is 35.5. The number of nitrogens with one attached hydrogen (secondary N) is 1. The second kappa shape index (κ2) is 7.65. The second-order valence-corrected chi connectivity index (χ2v) is 4.37. The van der Waals surface area contributed by atoms with Gasteiger partial charge in [-0.05, 0) is 18.2 Å². The molecule has 2 N–H and O–H groups in total. The number of aliphatic hydroxyl groups is 1. The van der Waals surface area contributed by atoms with Crippen molar-refractivity contribution in [3.05, 3.63) is 29.6 Å². The lowest BCUT2D eigenvalue weighted by atomic mass is 10.0. The van der Waals surface area contributed by atoms with Crippen molar-refractivity contribution in [2.75, 3.05) is 39.9 Å². The molecule has 19 heavy (non-hydrogen) atoms. The van der Waals surface area contributed by atoms with Crippen molar-refractivity contribution >= 4 is 12.4 Å². The molecule has 2 rings (SSSR count). The van der Waals surface area contributed by atoms with Gasteiger partial charge in [-0.15, -0.1) is 12.4 Å². The molecule has 6 heteroatoms. The van der Waals surface area contributed by atoms with E-state index in [0.717, 1.165) is 26.2 Å². The van der Waals surface area contributed by atoms with E-state index in [1.54, 1.807) is 13.2 Å². The fourth-order valence-corrected chi connectivity index (χ4v) is 2.37. The van der Waals surface area contributed by atoms with E-state index < -0.39 is 0 Å². The number of benzene rings is 1. The lowest BCUT2D eigenvalue weighted by Crippen LogP contribution is -2.46. The minimum atomic E-state index is -0.306. The molecule has 0 unspecified atom stereocenters. The molecule has 0 saturated carbocycles. The van der Waals surface area contributed by atoms with Crippen molar-refractivity contribution in [3.8, 4) is 5.75 Å². The molecule has 108 valence electrons. The Bertz CT molecular complexity index is 400. The van der Waals surface area contributed by atoms with Crippen LogP contribution in [0.4, 0.5) is 4.39 Å². The Balaban J connectivity index is 0.00000180. The first-order valence-electron chi connectivity index (χ1n) is 6.15. The highest BCUT2D eigenvalue weighted by molar-refractivity contribution is 5.85. The zero-order valence-corrected chi connectivity index (χ0v) is 11.8. The predicted molar refractivity (Wildman–Crippen MR) is 74.5 cm³/mol. The fourth-order valence-electron chi connectivity index (χ4n) is 2.37. The molecule has 4 nitrogen and oxygen atoms in total. The standard InChI is InChI=1S/C13H19FN2O2.ClH/c1-18-13-3-2-10(14)8-11(13)12(9-17)16-6-4-15-5-7-16;/h2-3,8,12,15,17H,4-7,9H2,1H3;1H/t12-;/m0./s1. The van der Waals surface area contributed by atoms with Gasteiger partial charge in [0.15, 0.2) is 0 Å². The highest BCUT2D eigenvalue weighted by Gasteiger charge is 2.24. The Hall–Kier alpha value is -0.880. The van der Waals surface area contributed by atoms with Gasteiger partial charge in [0.05, 0.1) is 19.8 Å². The van der Waals surface area contributed by atoms with Crippen LogP contribution in [0, 0.1) is 5.82 Å². The maximum Gasteiger partial charge on any atom is 0.123 e. The van der Waals surface area contributed by atoms with Crippen LogP contribution < -0.4 is 10.1 Å². The predicted octanol–water partition coefficient (Wildman–Crippen LogP) is 1.19. The van der Waals surface area contributed by atoms with Crippen molar-refractivity contribution in [1.29, 1.82) is 0 Å². The SMILES string of the molecule is COc1ccc(F)cc1[C@H](CO)N1CCNCC1.Cl. The van der Waals surface area contributed by atoms with Crippen LogP contribution in [0.2, 0.25) is 0 Å². The maximum absolute atomic E-state index is 13.4. The molecule has 0 amide bonds. The summed E-state index contributed by atoms with van der Waals surface area (Å²) in [5.41, 5.74) is 0.710. The molecule has 0 aromatic heterocycles. The van der Waals surface area contributed by atoms with Crippen molar-refractivity contribution in [2.24, 2.45) is 0 Å². The Kier molecular flexibility index (Phi) is 6.51. The van der Waals surface area contributed by atoms with Crippen LogP contribution in [0.3, 0.4) is 0 Å². The minimum absolute atomic E-state index is 0. The molecule has 1 fully saturated rings. The van der Waals surface area contributed by atoms with Gasteiger partial charge in [0.25, 0.3) is 0 Å². The lowest BCUT2D eigenvalue weighted by Gasteiger charge is -2.34. The van der Waals surface area contributed by atoms with Crippen molar-refractivity contribution < 1.29 is 14.2 Å². The van der Waals surface area contributed by atoms with Crippen molar-refractivity contribution in [1.82, 2.24) is 10.2 Å². The fraction of sp³-hybridized carbons (Fsp3) is 0.538. The van der Waals surface area contributed by atoms with Crippen LogP contribution in [0.5, 0.6) is 5.75 Å². The van der Waals surface area contributed by atoms with Crippen LogP contribution in [0.15, 0.2) is 18.2 Å². The van der Waals surface area contributed by atoms with E-state index in [2.05, 4.69) is 10.2 Å². The van der Waals surface area contributed by atoms with Gasteiger partial charge in [-0.1, -0.05) is 0 Å². The molecule has 0 bridgehead atoms. The average Bonchev–Trinajstić information content (AvgIpc) is 2.41. The molecule has 0 radical (unpaired) electrons. The first-order chi connectivity index (χ1) is 8.76. The van der Waals surface area contributed by atoms with Crippen LogP contribution in [-0.2, 0) is 0 Å². The van der Waals surface area contributed by atoms with Gasteiger partial charge in [-0.2, -0.15) is 0 Å². The number of nitrogens with zero attached hydrogens (tertiary/aromatic N) is 1. The van der Waals surface area contributed by atoms with Gasteiger partial charge >= 0.3 is 0 Å². The third-order valence-corrected chi connectivity index (χ3v) is 3.32. The Labute approximate surface area is 119 Å². The topological polar surface area (TPSA) is 44.7 Å². The monoisotopic (exact) mass is 290 g/mol. The third-order valence-electron chi connectivity index (χ3n) is 3.32. The highest BCUT2D eigenvalue weighted by Crippen LogP contribution is 2.30.